The molecule has 1 aromatic rings. The average molecular weight is 368 g/mol. The molecule has 0 aliphatic rings. The monoisotopic (exact) mass is 367 g/mol. The van der Waals surface area contributed by atoms with Crippen LogP contribution in [0.2, 0.25) is 0 Å². The van der Waals surface area contributed by atoms with E-state index in [-0.39, 0.29) is 17.9 Å². The maximum atomic E-state index is 11.7. The summed E-state index contributed by atoms with van der Waals surface area (Å²) in [7, 11) is 3.48. The van der Waals surface area contributed by atoms with E-state index in [0.29, 0.717) is 12.0 Å². The van der Waals surface area contributed by atoms with Crippen molar-refractivity contribution in [2.24, 2.45) is 4.99 Å². The molecule has 142 valence electrons. The summed E-state index contributed by atoms with van der Waals surface area (Å²) in [5.74, 6) is 0.662. The first-order valence-electron chi connectivity index (χ1n) is 8.83. The number of thiazole rings is 1. The van der Waals surface area contributed by atoms with Gasteiger partial charge in [-0.3, -0.25) is 4.79 Å². The van der Waals surface area contributed by atoms with Crippen molar-refractivity contribution < 1.29 is 4.79 Å². The Morgan fingerprint density at radius 3 is 2.60 bits per heavy atom. The van der Waals surface area contributed by atoms with E-state index >= 15 is 0 Å². The number of aromatic nitrogens is 1. The minimum absolute atomic E-state index is 0.0143. The van der Waals surface area contributed by atoms with Gasteiger partial charge in [0.1, 0.15) is 6.54 Å². The highest BCUT2D eigenvalue weighted by molar-refractivity contribution is 7.09. The molecule has 0 aliphatic heterocycles. The number of amides is 1. The molecule has 0 aromatic carbocycles. The summed E-state index contributed by atoms with van der Waals surface area (Å²) in [5.41, 5.74) is 1.18. The normalized spacial score (nSPS) is 13.5. The van der Waals surface area contributed by atoms with E-state index in [9.17, 15) is 4.79 Å². The molecule has 0 radical (unpaired) electrons. The summed E-state index contributed by atoms with van der Waals surface area (Å²) in [6, 6.07) is 0.299. The van der Waals surface area contributed by atoms with Gasteiger partial charge in [-0.05, 0) is 13.3 Å². The Balaban J connectivity index is 2.61. The lowest BCUT2D eigenvalue weighted by Crippen LogP contribution is -2.43. The molecular weight excluding hydrogens is 334 g/mol. The number of likely N-dealkylation sites (N-methyl/N-ethyl adjacent to an activating group) is 1. The summed E-state index contributed by atoms with van der Waals surface area (Å²) in [6.07, 6.45) is 1.82. The molecule has 7 heteroatoms. The van der Waals surface area contributed by atoms with Crippen molar-refractivity contribution in [3.05, 3.63) is 16.1 Å². The van der Waals surface area contributed by atoms with Gasteiger partial charge in [0.2, 0.25) is 5.91 Å². The van der Waals surface area contributed by atoms with Gasteiger partial charge in [-0.2, -0.15) is 0 Å². The maximum absolute atomic E-state index is 11.7. The quantitative estimate of drug-likeness (QED) is 0.573. The zero-order chi connectivity index (χ0) is 19.0. The Hall–Kier alpha value is -1.63. The van der Waals surface area contributed by atoms with Crippen molar-refractivity contribution in [2.75, 3.05) is 27.2 Å². The van der Waals surface area contributed by atoms with E-state index in [2.05, 4.69) is 55.6 Å². The number of nitrogens with zero attached hydrogens (tertiary/aromatic N) is 3. The number of nitrogens with one attached hydrogen (secondary N) is 2. The van der Waals surface area contributed by atoms with Gasteiger partial charge in [0.25, 0.3) is 0 Å². The summed E-state index contributed by atoms with van der Waals surface area (Å²) in [6.45, 7) is 11.6. The van der Waals surface area contributed by atoms with Crippen molar-refractivity contribution in [3.8, 4) is 0 Å². The fourth-order valence-corrected chi connectivity index (χ4v) is 2.79. The fraction of sp³-hybridized carbons (Fsp3) is 0.722. The van der Waals surface area contributed by atoms with Gasteiger partial charge in [-0.25, -0.2) is 9.98 Å². The summed E-state index contributed by atoms with van der Waals surface area (Å²) in [4.78, 5) is 22.4. The molecule has 0 saturated carbocycles. The van der Waals surface area contributed by atoms with E-state index in [0.717, 1.165) is 30.1 Å². The molecule has 0 bridgehead atoms. The van der Waals surface area contributed by atoms with Gasteiger partial charge in [0.15, 0.2) is 5.96 Å². The lowest BCUT2D eigenvalue weighted by atomic mass is 9.98. The van der Waals surface area contributed by atoms with E-state index < -0.39 is 0 Å². The number of guanidine groups is 1. The largest absolute Gasteiger partial charge is 0.356 e. The summed E-state index contributed by atoms with van der Waals surface area (Å²) < 4.78 is 0. The molecule has 1 aromatic heterocycles. The van der Waals surface area contributed by atoms with Gasteiger partial charge in [-0.15, -0.1) is 11.3 Å². The van der Waals surface area contributed by atoms with E-state index in [1.54, 1.807) is 30.3 Å². The molecular formula is C18H33N5OS. The molecule has 1 unspecified atom stereocenters. The molecule has 0 saturated heterocycles. The maximum Gasteiger partial charge on any atom is 0.243 e. The Morgan fingerprint density at radius 2 is 2.08 bits per heavy atom. The lowest BCUT2D eigenvalue weighted by Gasteiger charge is -2.17. The van der Waals surface area contributed by atoms with E-state index in [1.807, 2.05) is 0 Å². The van der Waals surface area contributed by atoms with Crippen molar-refractivity contribution >= 4 is 23.2 Å². The highest BCUT2D eigenvalue weighted by Gasteiger charge is 2.17. The first-order chi connectivity index (χ1) is 11.6. The summed E-state index contributed by atoms with van der Waals surface area (Å²) in [5, 5.41) is 9.92. The number of aliphatic imine (C=N–C) groups is 1. The van der Waals surface area contributed by atoms with Crippen LogP contribution in [0.4, 0.5) is 0 Å². The molecule has 1 amide bonds. The highest BCUT2D eigenvalue weighted by Crippen LogP contribution is 2.25. The zero-order valence-corrected chi connectivity index (χ0v) is 17.5. The van der Waals surface area contributed by atoms with Crippen molar-refractivity contribution in [1.29, 1.82) is 0 Å². The van der Waals surface area contributed by atoms with Crippen LogP contribution in [0, 0.1) is 0 Å². The molecule has 25 heavy (non-hydrogen) atoms. The third-order valence-corrected chi connectivity index (χ3v) is 5.05. The minimum Gasteiger partial charge on any atom is -0.356 e. The third-order valence-electron chi connectivity index (χ3n) is 3.73. The van der Waals surface area contributed by atoms with E-state index in [4.69, 9.17) is 4.98 Å². The van der Waals surface area contributed by atoms with Gasteiger partial charge < -0.3 is 15.5 Å². The lowest BCUT2D eigenvalue weighted by molar-refractivity contribution is -0.127. The van der Waals surface area contributed by atoms with Crippen LogP contribution in [-0.2, 0) is 16.6 Å². The molecule has 1 rings (SSSR count). The van der Waals surface area contributed by atoms with Crippen LogP contribution >= 0.6 is 11.3 Å². The van der Waals surface area contributed by atoms with Gasteiger partial charge in [0.05, 0.1) is 10.7 Å². The number of hydrogen-bond acceptors (Lipinski definition) is 4. The molecule has 0 fully saturated rings. The minimum atomic E-state index is -0.0143. The van der Waals surface area contributed by atoms with E-state index in [1.165, 1.54) is 0 Å². The second-order valence-electron chi connectivity index (χ2n) is 7.48. The van der Waals surface area contributed by atoms with Crippen LogP contribution in [0.3, 0.4) is 0 Å². The zero-order valence-electron chi connectivity index (χ0n) is 16.6. The second-order valence-corrected chi connectivity index (χ2v) is 8.34. The third kappa shape index (κ3) is 7.86. The molecule has 1 atom stereocenters. The first-order valence-corrected chi connectivity index (χ1v) is 9.71. The Labute approximate surface area is 156 Å². The van der Waals surface area contributed by atoms with Crippen LogP contribution in [0.5, 0.6) is 0 Å². The van der Waals surface area contributed by atoms with Crippen LogP contribution in [-0.4, -0.2) is 55.0 Å². The summed E-state index contributed by atoms with van der Waals surface area (Å²) >= 11 is 1.71. The molecule has 0 spiro atoms. The smallest absolute Gasteiger partial charge is 0.243 e. The van der Waals surface area contributed by atoms with Gasteiger partial charge >= 0.3 is 0 Å². The number of carbonyl (C=O) groups is 1. The predicted octanol–water partition coefficient (Wildman–Crippen LogP) is 2.41. The fourth-order valence-electron chi connectivity index (χ4n) is 1.85. The van der Waals surface area contributed by atoms with Gasteiger partial charge in [0, 0.05) is 43.9 Å². The average Bonchev–Trinajstić information content (AvgIpc) is 3.00. The molecule has 2 N–H and O–H groups in total. The van der Waals surface area contributed by atoms with Gasteiger partial charge in [-0.1, -0.05) is 27.7 Å². The topological polar surface area (TPSA) is 69.6 Å². The number of carbonyl (C=O) groups excluding carboxylic acids is 1. The Bertz CT molecular complexity index is 574. The second kappa shape index (κ2) is 9.75. The van der Waals surface area contributed by atoms with Crippen LogP contribution in [0.15, 0.2) is 10.4 Å². The first kappa shape index (κ1) is 21.4. The van der Waals surface area contributed by atoms with Crippen LogP contribution in [0.1, 0.15) is 51.7 Å². The standard InChI is InChI=1S/C18H33N5OS/c1-8-13(2)21-17(20-11-15(24)23(6)7)19-10-9-14-12-25-16(22-14)18(3,4)5/h12-13H,8-11H2,1-7H3,(H2,19,20,21). The number of hydrogen-bond donors (Lipinski definition) is 2. The van der Waals surface area contributed by atoms with Crippen LogP contribution in [0.25, 0.3) is 0 Å². The Kier molecular flexibility index (Phi) is 8.35. The Morgan fingerprint density at radius 1 is 1.40 bits per heavy atom. The molecule has 6 nitrogen and oxygen atoms in total. The molecule has 0 aliphatic carbocycles. The van der Waals surface area contributed by atoms with Crippen molar-refractivity contribution in [1.82, 2.24) is 20.5 Å². The van der Waals surface area contributed by atoms with Crippen molar-refractivity contribution in [3.63, 3.8) is 0 Å². The SMILES string of the molecule is CCC(C)NC(=NCC(=O)N(C)C)NCCc1csc(C(C)(C)C)n1. The highest BCUT2D eigenvalue weighted by atomic mass is 32.1. The number of rotatable bonds is 7. The molecule has 1 heterocycles. The van der Waals surface area contributed by atoms with Crippen LogP contribution < -0.4 is 10.6 Å². The van der Waals surface area contributed by atoms with Crippen molar-refractivity contribution in [2.45, 2.75) is 58.9 Å². The predicted molar refractivity (Wildman–Crippen MR) is 106 cm³/mol.